The summed E-state index contributed by atoms with van der Waals surface area (Å²) in [4.78, 5) is 0. The topological polar surface area (TPSA) is 36.1 Å². The molecule has 0 saturated carbocycles. The van der Waals surface area contributed by atoms with E-state index in [1.165, 1.54) is 0 Å². The molecule has 6 nitrogen and oxygen atoms in total. The standard InChI is InChI=1S/C15H26N4O2/c1-16-6-8-18(12-16)14-20-10-4-3-5-11-21-15-19-9-7-17(2)13-19/h6-9,12-13H,3-5,10-11,14-15H2,1-2H3/q+2. The van der Waals surface area contributed by atoms with Crippen molar-refractivity contribution in [3.63, 3.8) is 0 Å². The molecule has 6 heteroatoms. The van der Waals surface area contributed by atoms with E-state index in [1.807, 2.05) is 69.8 Å². The molecule has 2 rings (SSSR count). The third-order valence-electron chi connectivity index (χ3n) is 3.21. The summed E-state index contributed by atoms with van der Waals surface area (Å²) in [7, 11) is 4.01. The minimum Gasteiger partial charge on any atom is -0.342 e. The lowest BCUT2D eigenvalue weighted by atomic mass is 10.2. The monoisotopic (exact) mass is 294 g/mol. The average molecular weight is 294 g/mol. The number of ether oxygens (including phenoxy) is 2. The number of nitrogens with zero attached hydrogens (tertiary/aromatic N) is 4. The minimum absolute atomic E-state index is 0.627. The van der Waals surface area contributed by atoms with Gasteiger partial charge in [-0.2, -0.15) is 0 Å². The van der Waals surface area contributed by atoms with E-state index in [0.717, 1.165) is 32.5 Å². The van der Waals surface area contributed by atoms with Gasteiger partial charge in [0.25, 0.3) is 0 Å². The van der Waals surface area contributed by atoms with Gasteiger partial charge in [0.05, 0.1) is 27.3 Å². The van der Waals surface area contributed by atoms with Crippen molar-refractivity contribution in [2.75, 3.05) is 13.2 Å². The molecule has 0 atom stereocenters. The van der Waals surface area contributed by atoms with Gasteiger partial charge in [-0.1, -0.05) is 0 Å². The number of aromatic nitrogens is 4. The minimum atomic E-state index is 0.627. The lowest BCUT2D eigenvalue weighted by molar-refractivity contribution is -0.671. The van der Waals surface area contributed by atoms with Crippen molar-refractivity contribution in [1.82, 2.24) is 9.13 Å². The van der Waals surface area contributed by atoms with Gasteiger partial charge in [0.15, 0.2) is 13.5 Å². The lowest BCUT2D eigenvalue weighted by Gasteiger charge is -2.03. The zero-order chi connectivity index (χ0) is 14.9. The molecule has 2 aromatic rings. The summed E-state index contributed by atoms with van der Waals surface area (Å²) >= 11 is 0. The first-order valence-electron chi connectivity index (χ1n) is 7.41. The van der Waals surface area contributed by atoms with E-state index in [-0.39, 0.29) is 0 Å². The Bertz CT molecular complexity index is 475. The van der Waals surface area contributed by atoms with Crippen LogP contribution in [0.3, 0.4) is 0 Å². The molecule has 0 aliphatic heterocycles. The Morgan fingerprint density at radius 3 is 1.62 bits per heavy atom. The predicted octanol–water partition coefficient (Wildman–Crippen LogP) is 0.757. The third-order valence-corrected chi connectivity index (χ3v) is 3.21. The molecule has 0 bridgehead atoms. The number of hydrogen-bond acceptors (Lipinski definition) is 2. The van der Waals surface area contributed by atoms with Crippen LogP contribution in [0.4, 0.5) is 0 Å². The Kier molecular flexibility index (Phi) is 6.43. The highest BCUT2D eigenvalue weighted by Crippen LogP contribution is 1.98. The van der Waals surface area contributed by atoms with Crippen molar-refractivity contribution in [2.24, 2.45) is 14.1 Å². The van der Waals surface area contributed by atoms with Crippen molar-refractivity contribution in [3.8, 4) is 0 Å². The van der Waals surface area contributed by atoms with E-state index < -0.39 is 0 Å². The zero-order valence-corrected chi connectivity index (χ0v) is 13.0. The Morgan fingerprint density at radius 2 is 1.24 bits per heavy atom. The molecule has 0 amide bonds. The zero-order valence-electron chi connectivity index (χ0n) is 13.0. The van der Waals surface area contributed by atoms with Crippen molar-refractivity contribution < 1.29 is 18.6 Å². The van der Waals surface area contributed by atoms with Gasteiger partial charge in [0.2, 0.25) is 12.7 Å². The van der Waals surface area contributed by atoms with Gasteiger partial charge >= 0.3 is 0 Å². The first-order chi connectivity index (χ1) is 10.2. The van der Waals surface area contributed by atoms with Crippen molar-refractivity contribution in [1.29, 1.82) is 0 Å². The summed E-state index contributed by atoms with van der Waals surface area (Å²) in [6.45, 7) is 2.86. The second-order valence-electron chi connectivity index (χ2n) is 5.32. The molecular weight excluding hydrogens is 268 g/mol. The summed E-state index contributed by atoms with van der Waals surface area (Å²) in [6.07, 6.45) is 15.3. The van der Waals surface area contributed by atoms with Crippen LogP contribution in [-0.4, -0.2) is 22.3 Å². The fourth-order valence-corrected chi connectivity index (χ4v) is 2.08. The van der Waals surface area contributed by atoms with E-state index in [2.05, 4.69) is 0 Å². The number of aryl methyl sites for hydroxylation is 2. The maximum absolute atomic E-state index is 5.61. The van der Waals surface area contributed by atoms with E-state index in [1.54, 1.807) is 0 Å². The van der Waals surface area contributed by atoms with Gasteiger partial charge in [-0.25, -0.2) is 18.3 Å². The smallest absolute Gasteiger partial charge is 0.245 e. The van der Waals surface area contributed by atoms with Crippen LogP contribution in [0.25, 0.3) is 0 Å². The number of unbranched alkanes of at least 4 members (excludes halogenated alkanes) is 2. The molecule has 0 aliphatic carbocycles. The molecule has 0 unspecified atom stereocenters. The normalized spacial score (nSPS) is 11.1. The summed E-state index contributed by atoms with van der Waals surface area (Å²) in [5, 5.41) is 0. The molecule has 0 aromatic carbocycles. The Morgan fingerprint density at radius 1 is 0.762 bits per heavy atom. The van der Waals surface area contributed by atoms with Crippen LogP contribution in [0.15, 0.2) is 37.4 Å². The molecule has 2 aromatic heterocycles. The largest absolute Gasteiger partial charge is 0.342 e. The van der Waals surface area contributed by atoms with Crippen molar-refractivity contribution in [2.45, 2.75) is 32.7 Å². The summed E-state index contributed by atoms with van der Waals surface area (Å²) in [5.41, 5.74) is 0. The molecule has 0 saturated heterocycles. The van der Waals surface area contributed by atoms with E-state index in [4.69, 9.17) is 9.47 Å². The Labute approximate surface area is 126 Å². The van der Waals surface area contributed by atoms with Gasteiger partial charge in [0.1, 0.15) is 24.8 Å². The number of rotatable bonds is 10. The summed E-state index contributed by atoms with van der Waals surface area (Å²) < 4.78 is 19.3. The molecule has 0 N–H and O–H groups in total. The molecule has 0 radical (unpaired) electrons. The van der Waals surface area contributed by atoms with Crippen LogP contribution in [0.5, 0.6) is 0 Å². The Hall–Kier alpha value is -1.66. The van der Waals surface area contributed by atoms with Crippen molar-refractivity contribution >= 4 is 0 Å². The molecule has 0 spiro atoms. The van der Waals surface area contributed by atoms with Crippen LogP contribution in [-0.2, 0) is 37.0 Å². The van der Waals surface area contributed by atoms with Gasteiger partial charge in [0, 0.05) is 0 Å². The van der Waals surface area contributed by atoms with E-state index in [0.29, 0.717) is 13.5 Å². The van der Waals surface area contributed by atoms with Gasteiger partial charge in [-0.05, 0) is 19.3 Å². The molecule has 0 aliphatic rings. The van der Waals surface area contributed by atoms with Crippen LogP contribution in [0.1, 0.15) is 19.3 Å². The highest BCUT2D eigenvalue weighted by atomic mass is 16.5. The van der Waals surface area contributed by atoms with Gasteiger partial charge in [-0.15, -0.1) is 0 Å². The van der Waals surface area contributed by atoms with Crippen LogP contribution >= 0.6 is 0 Å². The second-order valence-corrected chi connectivity index (χ2v) is 5.32. The number of imidazole rings is 2. The highest BCUT2D eigenvalue weighted by molar-refractivity contribution is 4.63. The van der Waals surface area contributed by atoms with Gasteiger partial charge < -0.3 is 9.47 Å². The van der Waals surface area contributed by atoms with Crippen LogP contribution in [0, 0.1) is 0 Å². The lowest BCUT2D eigenvalue weighted by Crippen LogP contribution is -2.24. The molecular formula is C15H26N4O2+2. The fourth-order valence-electron chi connectivity index (χ4n) is 2.08. The molecule has 0 fully saturated rings. The van der Waals surface area contributed by atoms with E-state index in [9.17, 15) is 0 Å². The molecule has 21 heavy (non-hydrogen) atoms. The van der Waals surface area contributed by atoms with Gasteiger partial charge in [-0.3, -0.25) is 0 Å². The van der Waals surface area contributed by atoms with Crippen LogP contribution in [0.2, 0.25) is 0 Å². The first kappa shape index (κ1) is 15.7. The predicted molar refractivity (Wildman–Crippen MR) is 77.0 cm³/mol. The maximum Gasteiger partial charge on any atom is 0.245 e. The number of hydrogen-bond donors (Lipinski definition) is 0. The highest BCUT2D eigenvalue weighted by Gasteiger charge is 2.00. The van der Waals surface area contributed by atoms with E-state index >= 15 is 0 Å². The summed E-state index contributed by atoms with van der Waals surface area (Å²) in [5.74, 6) is 0. The summed E-state index contributed by atoms with van der Waals surface area (Å²) in [6, 6.07) is 0. The second kappa shape index (κ2) is 8.59. The molecule has 116 valence electrons. The van der Waals surface area contributed by atoms with Crippen molar-refractivity contribution in [3.05, 3.63) is 37.4 Å². The quantitative estimate of drug-likeness (QED) is 0.479. The third kappa shape index (κ3) is 6.10. The molecule has 2 heterocycles. The Balaban J connectivity index is 1.40. The first-order valence-corrected chi connectivity index (χ1v) is 7.41. The maximum atomic E-state index is 5.61. The SMILES string of the molecule is C[n+]1ccn(COCCCCCOCn2cc[n+](C)c2)c1. The average Bonchev–Trinajstić information content (AvgIpc) is 3.06. The van der Waals surface area contributed by atoms with Crippen LogP contribution < -0.4 is 9.13 Å². The fraction of sp³-hybridized carbons (Fsp3) is 0.600.